The smallest absolute Gasteiger partial charge is 0.292 e. The van der Waals surface area contributed by atoms with Crippen LogP contribution in [-0.2, 0) is 11.3 Å². The lowest BCUT2D eigenvalue weighted by atomic mass is 10.1. The Morgan fingerprint density at radius 2 is 2.10 bits per heavy atom. The Bertz CT molecular complexity index is 505. The van der Waals surface area contributed by atoms with Crippen molar-refractivity contribution in [3.8, 4) is 0 Å². The normalized spacial score (nSPS) is 10.5. The number of hydrogen-bond acceptors (Lipinski definition) is 5. The average Bonchev–Trinajstić information content (AvgIpc) is 2.46. The van der Waals surface area contributed by atoms with Crippen LogP contribution in [0.15, 0.2) is 18.2 Å². The van der Waals surface area contributed by atoms with Gasteiger partial charge in [0.25, 0.3) is 5.69 Å². The second kappa shape index (κ2) is 8.21. The molecule has 0 aliphatic rings. The van der Waals surface area contributed by atoms with Crippen molar-refractivity contribution in [3.05, 3.63) is 33.9 Å². The molecule has 1 amide bonds. The number of nitrogens with zero attached hydrogens (tertiary/aromatic N) is 2. The Kier molecular flexibility index (Phi) is 6.61. The largest absolute Gasteiger partial charge is 0.383 e. The summed E-state index contributed by atoms with van der Waals surface area (Å²) >= 11 is 0. The predicted molar refractivity (Wildman–Crippen MR) is 82.3 cm³/mol. The summed E-state index contributed by atoms with van der Waals surface area (Å²) in [6, 6.07) is 4.96. The first-order chi connectivity index (χ1) is 10.0. The molecule has 0 aliphatic carbocycles. The molecule has 0 saturated heterocycles. The van der Waals surface area contributed by atoms with Crippen LogP contribution in [0, 0.1) is 10.1 Å². The van der Waals surface area contributed by atoms with Crippen molar-refractivity contribution < 1.29 is 9.72 Å². The Labute approximate surface area is 124 Å². The lowest BCUT2D eigenvalue weighted by Gasteiger charge is -2.20. The SMILES string of the molecule is CCNC(=O)CN(CC)Cc1ccc([N+](=O)[O-])c(NC)c1. The Hall–Kier alpha value is -2.15. The number of hydrogen-bond donors (Lipinski definition) is 2. The molecule has 1 rings (SSSR count). The van der Waals surface area contributed by atoms with Crippen LogP contribution in [-0.4, -0.2) is 42.4 Å². The first-order valence-electron chi connectivity index (χ1n) is 6.95. The van der Waals surface area contributed by atoms with Gasteiger partial charge in [-0.05, 0) is 25.1 Å². The number of benzene rings is 1. The van der Waals surface area contributed by atoms with E-state index < -0.39 is 4.92 Å². The topological polar surface area (TPSA) is 87.5 Å². The van der Waals surface area contributed by atoms with E-state index in [0.717, 1.165) is 12.1 Å². The van der Waals surface area contributed by atoms with Crippen LogP contribution >= 0.6 is 0 Å². The zero-order chi connectivity index (χ0) is 15.8. The Balaban J connectivity index is 2.80. The molecule has 0 spiro atoms. The van der Waals surface area contributed by atoms with Gasteiger partial charge in [0, 0.05) is 26.2 Å². The van der Waals surface area contributed by atoms with E-state index in [9.17, 15) is 14.9 Å². The second-order valence-electron chi connectivity index (χ2n) is 4.62. The van der Waals surface area contributed by atoms with Crippen molar-refractivity contribution in [2.75, 3.05) is 32.0 Å². The third-order valence-electron chi connectivity index (χ3n) is 3.12. The van der Waals surface area contributed by atoms with Crippen molar-refractivity contribution in [1.29, 1.82) is 0 Å². The van der Waals surface area contributed by atoms with Crippen LogP contribution < -0.4 is 10.6 Å². The molecule has 0 bridgehead atoms. The zero-order valence-corrected chi connectivity index (χ0v) is 12.7. The van der Waals surface area contributed by atoms with Crippen LogP contribution in [0.5, 0.6) is 0 Å². The molecular formula is C14H22N4O3. The standard InChI is InChI=1S/C14H22N4O3/c1-4-16-14(19)10-17(5-2)9-11-6-7-13(18(20)21)12(8-11)15-3/h6-8,15H,4-5,9-10H2,1-3H3,(H,16,19). The minimum Gasteiger partial charge on any atom is -0.383 e. The molecule has 0 heterocycles. The monoisotopic (exact) mass is 294 g/mol. The first-order valence-corrected chi connectivity index (χ1v) is 6.95. The van der Waals surface area contributed by atoms with E-state index in [1.165, 1.54) is 6.07 Å². The highest BCUT2D eigenvalue weighted by molar-refractivity contribution is 5.77. The second-order valence-corrected chi connectivity index (χ2v) is 4.62. The molecule has 21 heavy (non-hydrogen) atoms. The van der Waals surface area contributed by atoms with E-state index in [2.05, 4.69) is 10.6 Å². The third kappa shape index (κ3) is 5.03. The lowest BCUT2D eigenvalue weighted by Crippen LogP contribution is -2.36. The first kappa shape index (κ1) is 16.9. The molecule has 0 fully saturated rings. The van der Waals surface area contributed by atoms with Crippen molar-refractivity contribution in [2.24, 2.45) is 0 Å². The maximum atomic E-state index is 11.6. The quantitative estimate of drug-likeness (QED) is 0.561. The third-order valence-corrected chi connectivity index (χ3v) is 3.12. The minimum atomic E-state index is -0.415. The van der Waals surface area contributed by atoms with Gasteiger partial charge in [-0.25, -0.2) is 0 Å². The summed E-state index contributed by atoms with van der Waals surface area (Å²) in [6.07, 6.45) is 0. The Morgan fingerprint density at radius 3 is 2.62 bits per heavy atom. The maximum absolute atomic E-state index is 11.6. The predicted octanol–water partition coefficient (Wildman–Crippen LogP) is 1.59. The molecule has 0 aliphatic heterocycles. The van der Waals surface area contributed by atoms with Crippen molar-refractivity contribution in [2.45, 2.75) is 20.4 Å². The molecule has 7 nitrogen and oxygen atoms in total. The molecule has 1 aromatic carbocycles. The number of rotatable bonds is 8. The van der Waals surface area contributed by atoms with E-state index in [4.69, 9.17) is 0 Å². The molecule has 0 radical (unpaired) electrons. The number of nitro benzene ring substituents is 1. The van der Waals surface area contributed by atoms with Crippen LogP contribution in [0.2, 0.25) is 0 Å². The number of carbonyl (C=O) groups excluding carboxylic acids is 1. The summed E-state index contributed by atoms with van der Waals surface area (Å²) < 4.78 is 0. The van der Waals surface area contributed by atoms with E-state index in [1.54, 1.807) is 19.2 Å². The van der Waals surface area contributed by atoms with E-state index in [0.29, 0.717) is 25.3 Å². The van der Waals surface area contributed by atoms with Gasteiger partial charge in [-0.1, -0.05) is 13.0 Å². The highest BCUT2D eigenvalue weighted by Crippen LogP contribution is 2.25. The van der Waals surface area contributed by atoms with Gasteiger partial charge in [-0.15, -0.1) is 0 Å². The van der Waals surface area contributed by atoms with Gasteiger partial charge in [0.15, 0.2) is 0 Å². The number of anilines is 1. The van der Waals surface area contributed by atoms with Gasteiger partial charge < -0.3 is 10.6 Å². The van der Waals surface area contributed by atoms with Gasteiger partial charge >= 0.3 is 0 Å². The molecule has 7 heteroatoms. The van der Waals surface area contributed by atoms with Crippen molar-refractivity contribution in [3.63, 3.8) is 0 Å². The van der Waals surface area contributed by atoms with E-state index in [1.807, 2.05) is 18.7 Å². The van der Waals surface area contributed by atoms with Gasteiger partial charge in [0.2, 0.25) is 5.91 Å². The number of nitrogens with one attached hydrogen (secondary N) is 2. The van der Waals surface area contributed by atoms with Gasteiger partial charge in [-0.3, -0.25) is 19.8 Å². The van der Waals surface area contributed by atoms with Crippen LogP contribution in [0.3, 0.4) is 0 Å². The minimum absolute atomic E-state index is 0.0184. The van der Waals surface area contributed by atoms with Crippen molar-refractivity contribution in [1.82, 2.24) is 10.2 Å². The molecule has 0 saturated carbocycles. The highest BCUT2D eigenvalue weighted by atomic mass is 16.6. The number of amides is 1. The van der Waals surface area contributed by atoms with Crippen LogP contribution in [0.25, 0.3) is 0 Å². The summed E-state index contributed by atoms with van der Waals surface area (Å²) in [5.41, 5.74) is 1.45. The van der Waals surface area contributed by atoms with Crippen LogP contribution in [0.1, 0.15) is 19.4 Å². The van der Waals surface area contributed by atoms with E-state index in [-0.39, 0.29) is 11.6 Å². The number of nitro groups is 1. The van der Waals surface area contributed by atoms with Crippen LogP contribution in [0.4, 0.5) is 11.4 Å². The number of carbonyl (C=O) groups is 1. The average molecular weight is 294 g/mol. The molecule has 0 unspecified atom stereocenters. The fraction of sp³-hybridized carbons (Fsp3) is 0.500. The lowest BCUT2D eigenvalue weighted by molar-refractivity contribution is -0.384. The fourth-order valence-electron chi connectivity index (χ4n) is 2.03. The van der Waals surface area contributed by atoms with E-state index >= 15 is 0 Å². The molecule has 0 atom stereocenters. The van der Waals surface area contributed by atoms with Gasteiger partial charge in [0.05, 0.1) is 11.5 Å². The summed E-state index contributed by atoms with van der Waals surface area (Å²) in [5, 5.41) is 16.5. The fourth-order valence-corrected chi connectivity index (χ4v) is 2.03. The molecular weight excluding hydrogens is 272 g/mol. The summed E-state index contributed by atoms with van der Waals surface area (Å²) in [6.45, 7) is 6.07. The molecule has 1 aromatic rings. The molecule has 116 valence electrons. The highest BCUT2D eigenvalue weighted by Gasteiger charge is 2.15. The van der Waals surface area contributed by atoms with Gasteiger partial charge in [-0.2, -0.15) is 0 Å². The molecule has 2 N–H and O–H groups in total. The summed E-state index contributed by atoms with van der Waals surface area (Å²) in [5.74, 6) is -0.0184. The summed E-state index contributed by atoms with van der Waals surface area (Å²) in [7, 11) is 1.65. The zero-order valence-electron chi connectivity index (χ0n) is 12.7. The molecule has 0 aromatic heterocycles. The van der Waals surface area contributed by atoms with Crippen molar-refractivity contribution >= 4 is 17.3 Å². The number of likely N-dealkylation sites (N-methyl/N-ethyl adjacent to an activating group) is 2. The Morgan fingerprint density at radius 1 is 1.38 bits per heavy atom. The summed E-state index contributed by atoms with van der Waals surface area (Å²) in [4.78, 5) is 24.1. The maximum Gasteiger partial charge on any atom is 0.292 e. The van der Waals surface area contributed by atoms with Gasteiger partial charge in [0.1, 0.15) is 5.69 Å².